The molecule has 0 unspecified atom stereocenters. The van der Waals surface area contributed by atoms with Crippen LogP contribution in [0.3, 0.4) is 0 Å². The molecule has 0 saturated carbocycles. The van der Waals surface area contributed by atoms with E-state index in [1.54, 1.807) is 0 Å². The standard InChI is InChI=1S/C12H23BI/c1-6-7-8-9-11(14)13-12(4,5)10(2)3/h9-10H,6-8H2,1-5H3/b11-9-. The second kappa shape index (κ2) is 6.92. The minimum Gasteiger partial charge on any atom is -0.0849 e. The van der Waals surface area contributed by atoms with Crippen molar-refractivity contribution >= 4 is 29.9 Å². The van der Waals surface area contributed by atoms with Crippen molar-refractivity contribution < 1.29 is 0 Å². The number of allylic oxidation sites excluding steroid dienone is 1. The quantitative estimate of drug-likeness (QED) is 0.367. The number of halogens is 1. The molecule has 81 valence electrons. The summed E-state index contributed by atoms with van der Waals surface area (Å²) in [6.45, 7) is 11.4. The molecule has 0 atom stereocenters. The lowest BCUT2D eigenvalue weighted by atomic mass is 9.50. The molecule has 0 amide bonds. The van der Waals surface area contributed by atoms with Crippen molar-refractivity contribution in [2.75, 3.05) is 0 Å². The number of hydrogen-bond acceptors (Lipinski definition) is 0. The van der Waals surface area contributed by atoms with Crippen LogP contribution in [0.1, 0.15) is 53.9 Å². The average Bonchev–Trinajstić information content (AvgIpc) is 2.03. The Bertz CT molecular complexity index is 183. The Labute approximate surface area is 104 Å². The van der Waals surface area contributed by atoms with E-state index in [2.05, 4.69) is 70.6 Å². The zero-order valence-electron chi connectivity index (χ0n) is 10.2. The van der Waals surface area contributed by atoms with Crippen LogP contribution >= 0.6 is 22.6 Å². The molecule has 0 heterocycles. The molecule has 0 rings (SSSR count). The van der Waals surface area contributed by atoms with Gasteiger partial charge in [0.05, 0.1) is 0 Å². The topological polar surface area (TPSA) is 0 Å². The molecule has 14 heavy (non-hydrogen) atoms. The van der Waals surface area contributed by atoms with Crippen molar-refractivity contribution in [1.82, 2.24) is 0 Å². The third-order valence-corrected chi connectivity index (χ3v) is 3.65. The molecule has 0 fully saturated rings. The predicted molar refractivity (Wildman–Crippen MR) is 76.3 cm³/mol. The third-order valence-electron chi connectivity index (χ3n) is 2.89. The Morgan fingerprint density at radius 3 is 2.43 bits per heavy atom. The SMILES string of the molecule is CCCC/C=C(\I)[B]C(C)(C)C(C)C. The number of hydrogen-bond donors (Lipinski definition) is 0. The van der Waals surface area contributed by atoms with E-state index in [-0.39, 0.29) is 0 Å². The molecule has 0 aromatic heterocycles. The largest absolute Gasteiger partial charge is 0.166 e. The van der Waals surface area contributed by atoms with Gasteiger partial charge >= 0.3 is 0 Å². The first kappa shape index (κ1) is 14.5. The van der Waals surface area contributed by atoms with Gasteiger partial charge in [-0.3, -0.25) is 0 Å². The Morgan fingerprint density at radius 1 is 1.43 bits per heavy atom. The Hall–Kier alpha value is 0.535. The Kier molecular flexibility index (Phi) is 7.18. The molecular weight excluding hydrogens is 282 g/mol. The van der Waals surface area contributed by atoms with Gasteiger partial charge in [-0.15, -0.1) is 0 Å². The van der Waals surface area contributed by atoms with Crippen molar-refractivity contribution in [3.63, 3.8) is 0 Å². The zero-order chi connectivity index (χ0) is 11.2. The fraction of sp³-hybridized carbons (Fsp3) is 0.833. The van der Waals surface area contributed by atoms with Crippen LogP contribution in [0.25, 0.3) is 0 Å². The maximum Gasteiger partial charge on any atom is 0.166 e. The van der Waals surface area contributed by atoms with Gasteiger partial charge in [0.15, 0.2) is 7.28 Å². The van der Waals surface area contributed by atoms with Crippen LogP contribution in [0.15, 0.2) is 9.56 Å². The highest BCUT2D eigenvalue weighted by Gasteiger charge is 2.24. The van der Waals surface area contributed by atoms with E-state index in [9.17, 15) is 0 Å². The monoisotopic (exact) mass is 305 g/mol. The molecule has 0 aliphatic carbocycles. The summed E-state index contributed by atoms with van der Waals surface area (Å²) < 4.78 is 1.41. The molecule has 0 aromatic rings. The van der Waals surface area contributed by atoms with E-state index in [4.69, 9.17) is 0 Å². The first-order valence-corrected chi connectivity index (χ1v) is 6.69. The highest BCUT2D eigenvalue weighted by Crippen LogP contribution is 2.35. The fourth-order valence-corrected chi connectivity index (χ4v) is 2.14. The van der Waals surface area contributed by atoms with E-state index in [1.165, 1.54) is 22.7 Å². The van der Waals surface area contributed by atoms with Crippen LogP contribution in [-0.2, 0) is 0 Å². The van der Waals surface area contributed by atoms with Crippen LogP contribution in [0.5, 0.6) is 0 Å². The first-order chi connectivity index (χ1) is 6.40. The molecule has 0 nitrogen and oxygen atoms in total. The normalized spacial score (nSPS) is 13.5. The maximum absolute atomic E-state index is 2.45. The molecule has 0 saturated heterocycles. The summed E-state index contributed by atoms with van der Waals surface area (Å²) in [5, 5.41) is 0.319. The van der Waals surface area contributed by atoms with Gasteiger partial charge in [-0.2, -0.15) is 0 Å². The molecule has 0 spiro atoms. The van der Waals surface area contributed by atoms with Gasteiger partial charge in [0.25, 0.3) is 0 Å². The van der Waals surface area contributed by atoms with Crippen molar-refractivity contribution in [3.8, 4) is 0 Å². The first-order valence-electron chi connectivity index (χ1n) is 5.61. The fourth-order valence-electron chi connectivity index (χ4n) is 1.03. The van der Waals surface area contributed by atoms with E-state index in [0.717, 1.165) is 0 Å². The molecule has 2 heteroatoms. The van der Waals surface area contributed by atoms with Gasteiger partial charge in [0, 0.05) is 0 Å². The Balaban J connectivity index is 4.03. The van der Waals surface area contributed by atoms with Gasteiger partial charge in [-0.1, -0.05) is 84.9 Å². The van der Waals surface area contributed by atoms with Crippen LogP contribution in [0.2, 0.25) is 5.31 Å². The minimum atomic E-state index is 0.319. The second-order valence-electron chi connectivity index (χ2n) is 4.85. The summed E-state index contributed by atoms with van der Waals surface area (Å²) >= 11 is 2.45. The van der Waals surface area contributed by atoms with Crippen LogP contribution in [-0.4, -0.2) is 7.28 Å². The lowest BCUT2D eigenvalue weighted by molar-refractivity contribution is 0.476. The number of rotatable bonds is 6. The summed E-state index contributed by atoms with van der Waals surface area (Å²) in [5.74, 6) is 0.701. The summed E-state index contributed by atoms with van der Waals surface area (Å²) in [7, 11) is 2.40. The summed E-state index contributed by atoms with van der Waals surface area (Å²) in [5.41, 5.74) is 0. The van der Waals surface area contributed by atoms with Gasteiger partial charge in [-0.05, 0) is 12.3 Å². The molecule has 0 aliphatic rings. The molecule has 1 radical (unpaired) electrons. The average molecular weight is 305 g/mol. The summed E-state index contributed by atoms with van der Waals surface area (Å²) in [6.07, 6.45) is 6.17. The van der Waals surface area contributed by atoms with Gasteiger partial charge in [0.1, 0.15) is 0 Å². The molecule has 0 bridgehead atoms. The van der Waals surface area contributed by atoms with Crippen LogP contribution in [0, 0.1) is 5.92 Å². The van der Waals surface area contributed by atoms with Crippen molar-refractivity contribution in [2.45, 2.75) is 59.2 Å². The van der Waals surface area contributed by atoms with Gasteiger partial charge in [0.2, 0.25) is 0 Å². The van der Waals surface area contributed by atoms with Crippen LogP contribution in [0.4, 0.5) is 0 Å². The molecular formula is C12H23BI. The predicted octanol–water partition coefficient (Wildman–Crippen LogP) is 5.01. The highest BCUT2D eigenvalue weighted by molar-refractivity contribution is 14.1. The number of unbranched alkanes of at least 4 members (excludes halogenated alkanes) is 2. The minimum absolute atomic E-state index is 0.319. The summed E-state index contributed by atoms with van der Waals surface area (Å²) in [4.78, 5) is 0. The molecule has 0 aliphatic heterocycles. The zero-order valence-corrected chi connectivity index (χ0v) is 12.4. The molecule has 0 N–H and O–H groups in total. The van der Waals surface area contributed by atoms with Crippen LogP contribution < -0.4 is 0 Å². The van der Waals surface area contributed by atoms with Crippen molar-refractivity contribution in [1.29, 1.82) is 0 Å². The van der Waals surface area contributed by atoms with E-state index < -0.39 is 0 Å². The van der Waals surface area contributed by atoms with E-state index in [0.29, 0.717) is 11.2 Å². The smallest absolute Gasteiger partial charge is 0.0849 e. The Morgan fingerprint density at radius 2 is 2.00 bits per heavy atom. The maximum atomic E-state index is 2.45. The lowest BCUT2D eigenvalue weighted by Crippen LogP contribution is -2.19. The third kappa shape index (κ3) is 6.10. The van der Waals surface area contributed by atoms with Gasteiger partial charge < -0.3 is 0 Å². The second-order valence-corrected chi connectivity index (χ2v) is 6.10. The van der Waals surface area contributed by atoms with E-state index >= 15 is 0 Å². The van der Waals surface area contributed by atoms with Gasteiger partial charge in [-0.25, -0.2) is 0 Å². The molecule has 0 aromatic carbocycles. The van der Waals surface area contributed by atoms with Crippen molar-refractivity contribution in [3.05, 3.63) is 9.56 Å². The summed E-state index contributed by atoms with van der Waals surface area (Å²) in [6, 6.07) is 0. The lowest BCUT2D eigenvalue weighted by Gasteiger charge is -2.28. The van der Waals surface area contributed by atoms with E-state index in [1.807, 2.05) is 0 Å². The van der Waals surface area contributed by atoms with Crippen molar-refractivity contribution in [2.24, 2.45) is 5.92 Å². The highest BCUT2D eigenvalue weighted by atomic mass is 127.